The average molecular weight is 251 g/mol. The molecule has 2 heterocycles. The maximum Gasteiger partial charge on any atom is 0.340 e. The van der Waals surface area contributed by atoms with Crippen LogP contribution in [0.4, 0.5) is 11.5 Å². The molecule has 1 atom stereocenters. The van der Waals surface area contributed by atoms with Crippen LogP contribution in [-0.2, 0) is 4.74 Å². The van der Waals surface area contributed by atoms with Crippen LogP contribution in [-0.4, -0.2) is 42.4 Å². The molecule has 1 aliphatic rings. The van der Waals surface area contributed by atoms with E-state index in [1.165, 1.54) is 13.3 Å². The number of aliphatic hydroxyl groups excluding tert-OH is 1. The normalized spacial score (nSPS) is 19.7. The van der Waals surface area contributed by atoms with Crippen molar-refractivity contribution in [3.8, 4) is 0 Å². The van der Waals surface area contributed by atoms with Crippen LogP contribution in [0.1, 0.15) is 23.2 Å². The molecule has 1 saturated heterocycles. The van der Waals surface area contributed by atoms with Crippen molar-refractivity contribution in [2.75, 3.05) is 30.8 Å². The van der Waals surface area contributed by atoms with E-state index < -0.39 is 5.97 Å². The molecule has 6 nitrogen and oxygen atoms in total. The van der Waals surface area contributed by atoms with E-state index in [9.17, 15) is 9.90 Å². The van der Waals surface area contributed by atoms with E-state index in [1.54, 1.807) is 6.07 Å². The quantitative estimate of drug-likeness (QED) is 0.740. The lowest BCUT2D eigenvalue weighted by molar-refractivity contribution is 0.0602. The number of pyridine rings is 1. The Morgan fingerprint density at radius 1 is 1.67 bits per heavy atom. The topological polar surface area (TPSA) is 88.7 Å². The highest BCUT2D eigenvalue weighted by Gasteiger charge is 2.20. The summed E-state index contributed by atoms with van der Waals surface area (Å²) in [6, 6.07) is 1.61. The first kappa shape index (κ1) is 12.6. The van der Waals surface area contributed by atoms with Crippen molar-refractivity contribution in [3.63, 3.8) is 0 Å². The summed E-state index contributed by atoms with van der Waals surface area (Å²) in [5.41, 5.74) is 6.29. The molecule has 0 bridgehead atoms. The van der Waals surface area contributed by atoms with Crippen LogP contribution in [0, 0.1) is 0 Å². The fourth-order valence-corrected chi connectivity index (χ4v) is 2.08. The van der Waals surface area contributed by atoms with Gasteiger partial charge in [-0.05, 0) is 18.9 Å². The van der Waals surface area contributed by atoms with Gasteiger partial charge in [0.15, 0.2) is 0 Å². The van der Waals surface area contributed by atoms with Crippen molar-refractivity contribution in [3.05, 3.63) is 17.8 Å². The summed E-state index contributed by atoms with van der Waals surface area (Å²) in [6.45, 7) is 1.34. The van der Waals surface area contributed by atoms with E-state index in [2.05, 4.69) is 9.72 Å². The van der Waals surface area contributed by atoms with E-state index in [4.69, 9.17) is 5.73 Å². The molecule has 1 fully saturated rings. The van der Waals surface area contributed by atoms with Gasteiger partial charge in [0, 0.05) is 13.1 Å². The van der Waals surface area contributed by atoms with Crippen molar-refractivity contribution < 1.29 is 14.6 Å². The number of methoxy groups -OCH3 is 1. The van der Waals surface area contributed by atoms with E-state index in [1.807, 2.05) is 4.90 Å². The fourth-order valence-electron chi connectivity index (χ4n) is 2.08. The molecule has 98 valence electrons. The molecule has 2 rings (SSSR count). The van der Waals surface area contributed by atoms with Gasteiger partial charge in [0.05, 0.1) is 30.7 Å². The molecule has 0 aromatic carbocycles. The van der Waals surface area contributed by atoms with Gasteiger partial charge in [0.2, 0.25) is 0 Å². The number of ether oxygens (including phenoxy) is 1. The van der Waals surface area contributed by atoms with Crippen molar-refractivity contribution in [2.24, 2.45) is 0 Å². The molecular weight excluding hydrogens is 234 g/mol. The van der Waals surface area contributed by atoms with Crippen molar-refractivity contribution in [1.82, 2.24) is 4.98 Å². The van der Waals surface area contributed by atoms with Crippen molar-refractivity contribution in [2.45, 2.75) is 18.9 Å². The summed E-state index contributed by atoms with van der Waals surface area (Å²) in [4.78, 5) is 17.7. The van der Waals surface area contributed by atoms with E-state index >= 15 is 0 Å². The molecule has 0 amide bonds. The molecule has 18 heavy (non-hydrogen) atoms. The van der Waals surface area contributed by atoms with Crippen LogP contribution >= 0.6 is 0 Å². The third-order valence-corrected chi connectivity index (χ3v) is 3.05. The minimum Gasteiger partial charge on any atom is -0.465 e. The van der Waals surface area contributed by atoms with Gasteiger partial charge in [0.1, 0.15) is 5.82 Å². The molecule has 6 heteroatoms. The largest absolute Gasteiger partial charge is 0.465 e. The van der Waals surface area contributed by atoms with E-state index in [0.717, 1.165) is 19.4 Å². The maximum absolute atomic E-state index is 11.5. The fraction of sp³-hybridized carbons (Fsp3) is 0.500. The first-order valence-electron chi connectivity index (χ1n) is 5.88. The highest BCUT2D eigenvalue weighted by atomic mass is 16.5. The predicted octanol–water partition coefficient (Wildman–Crippen LogP) is 0.411. The van der Waals surface area contributed by atoms with Crippen LogP contribution in [0.5, 0.6) is 0 Å². The van der Waals surface area contributed by atoms with Gasteiger partial charge in [-0.2, -0.15) is 0 Å². The van der Waals surface area contributed by atoms with Crippen molar-refractivity contribution >= 4 is 17.5 Å². The summed E-state index contributed by atoms with van der Waals surface area (Å²) in [5, 5.41) is 9.63. The Labute approximate surface area is 105 Å². The molecule has 0 radical (unpaired) electrons. The summed E-state index contributed by atoms with van der Waals surface area (Å²) in [5.74, 6) is 0.164. The molecule has 1 aromatic rings. The summed E-state index contributed by atoms with van der Waals surface area (Å²) >= 11 is 0. The molecule has 0 saturated carbocycles. The smallest absolute Gasteiger partial charge is 0.340 e. The first-order valence-corrected chi connectivity index (χ1v) is 5.88. The maximum atomic E-state index is 11.5. The summed E-state index contributed by atoms with van der Waals surface area (Å²) < 4.78 is 4.67. The lowest BCUT2D eigenvalue weighted by atomic mass is 10.1. The lowest BCUT2D eigenvalue weighted by Gasteiger charge is -2.31. The molecule has 0 spiro atoms. The highest BCUT2D eigenvalue weighted by molar-refractivity contribution is 5.95. The molecular formula is C12H17N3O3. The van der Waals surface area contributed by atoms with Gasteiger partial charge in [-0.3, -0.25) is 0 Å². The Morgan fingerprint density at radius 3 is 3.11 bits per heavy atom. The molecule has 1 aliphatic heterocycles. The minimum absolute atomic E-state index is 0.295. The number of rotatable bonds is 2. The van der Waals surface area contributed by atoms with Gasteiger partial charge >= 0.3 is 5.97 Å². The van der Waals surface area contributed by atoms with Gasteiger partial charge in [-0.15, -0.1) is 0 Å². The van der Waals surface area contributed by atoms with Crippen LogP contribution in [0.2, 0.25) is 0 Å². The summed E-state index contributed by atoms with van der Waals surface area (Å²) in [6.07, 6.45) is 2.80. The standard InChI is InChI=1S/C12H17N3O3/c1-18-12(17)9-5-11(14-6-10(9)13)15-4-2-3-8(16)7-15/h5-6,8,16H,2-4,7,13H2,1H3. The summed E-state index contributed by atoms with van der Waals surface area (Å²) in [7, 11) is 1.31. The predicted molar refractivity (Wildman–Crippen MR) is 67.4 cm³/mol. The first-order chi connectivity index (χ1) is 8.61. The zero-order valence-corrected chi connectivity index (χ0v) is 10.3. The van der Waals surface area contributed by atoms with Crippen LogP contribution in [0.15, 0.2) is 12.3 Å². The number of carbonyl (C=O) groups excluding carboxylic acids is 1. The van der Waals surface area contributed by atoms with Gasteiger partial charge in [-0.1, -0.05) is 0 Å². The average Bonchev–Trinajstić information content (AvgIpc) is 2.38. The number of nitrogen functional groups attached to an aromatic ring is 1. The second-order valence-corrected chi connectivity index (χ2v) is 4.36. The Balaban J connectivity index is 2.26. The minimum atomic E-state index is -0.478. The molecule has 3 N–H and O–H groups in total. The third-order valence-electron chi connectivity index (χ3n) is 3.05. The SMILES string of the molecule is COC(=O)c1cc(N2CCCC(O)C2)ncc1N. The molecule has 0 aliphatic carbocycles. The molecule has 1 aromatic heterocycles. The van der Waals surface area contributed by atoms with Crippen LogP contribution in [0.3, 0.4) is 0 Å². The highest BCUT2D eigenvalue weighted by Crippen LogP contribution is 2.22. The number of esters is 1. The molecule has 1 unspecified atom stereocenters. The zero-order chi connectivity index (χ0) is 13.1. The van der Waals surface area contributed by atoms with Gasteiger partial charge in [-0.25, -0.2) is 9.78 Å². The van der Waals surface area contributed by atoms with Gasteiger partial charge in [0.25, 0.3) is 0 Å². The number of β-amino-alcohol motifs (C(OH)–C–C–N with tert-alkyl or cyclic N) is 1. The Kier molecular flexibility index (Phi) is 3.66. The van der Waals surface area contributed by atoms with E-state index in [-0.39, 0.29) is 6.10 Å². The van der Waals surface area contributed by atoms with Crippen LogP contribution < -0.4 is 10.6 Å². The number of hydrogen-bond acceptors (Lipinski definition) is 6. The number of aliphatic hydroxyl groups is 1. The van der Waals surface area contributed by atoms with Crippen molar-refractivity contribution in [1.29, 1.82) is 0 Å². The lowest BCUT2D eigenvalue weighted by Crippen LogP contribution is -2.38. The number of piperidine rings is 1. The number of anilines is 2. The second-order valence-electron chi connectivity index (χ2n) is 4.36. The number of hydrogen-bond donors (Lipinski definition) is 2. The number of nitrogens with two attached hydrogens (primary N) is 1. The number of nitrogens with zero attached hydrogens (tertiary/aromatic N) is 2. The Hall–Kier alpha value is -1.82. The Morgan fingerprint density at radius 2 is 2.44 bits per heavy atom. The number of carbonyl (C=O) groups is 1. The Bertz CT molecular complexity index is 450. The number of aromatic nitrogens is 1. The third kappa shape index (κ3) is 2.53. The van der Waals surface area contributed by atoms with Gasteiger partial charge < -0.3 is 20.5 Å². The monoisotopic (exact) mass is 251 g/mol. The van der Waals surface area contributed by atoms with Crippen LogP contribution in [0.25, 0.3) is 0 Å². The van der Waals surface area contributed by atoms with E-state index in [0.29, 0.717) is 23.6 Å². The second kappa shape index (κ2) is 5.22. The zero-order valence-electron chi connectivity index (χ0n) is 10.3.